The lowest BCUT2D eigenvalue weighted by Crippen LogP contribution is -2.32. The number of benzene rings is 1. The van der Waals surface area contributed by atoms with Gasteiger partial charge in [-0.3, -0.25) is 0 Å². The van der Waals surface area contributed by atoms with Gasteiger partial charge in [-0.25, -0.2) is 0 Å². The Bertz CT molecular complexity index is 287. The van der Waals surface area contributed by atoms with Gasteiger partial charge in [0, 0.05) is 7.11 Å². The fourth-order valence-corrected chi connectivity index (χ4v) is 1.33. The Morgan fingerprint density at radius 3 is 2.29 bits per heavy atom. The van der Waals surface area contributed by atoms with Gasteiger partial charge in [0.1, 0.15) is 6.61 Å². The molecule has 17 heavy (non-hydrogen) atoms. The van der Waals surface area contributed by atoms with Gasteiger partial charge >= 0.3 is 0 Å². The molecule has 0 N–H and O–H groups in total. The number of ether oxygens (including phenoxy) is 3. The van der Waals surface area contributed by atoms with E-state index in [1.54, 1.807) is 7.11 Å². The monoisotopic (exact) mass is 240 g/mol. The molecular weight excluding hydrogens is 216 g/mol. The van der Waals surface area contributed by atoms with E-state index in [0.717, 1.165) is 11.5 Å². The quantitative estimate of drug-likeness (QED) is 0.791. The third kappa shape index (κ3) is 5.09. The van der Waals surface area contributed by atoms with Crippen molar-refractivity contribution < 1.29 is 14.2 Å². The van der Waals surface area contributed by atoms with Crippen molar-refractivity contribution in [3.63, 3.8) is 0 Å². The first kappa shape index (κ1) is 15.8. The fourth-order valence-electron chi connectivity index (χ4n) is 1.33. The second kappa shape index (κ2) is 9.97. The van der Waals surface area contributed by atoms with Crippen LogP contribution < -0.4 is 9.47 Å². The molecule has 1 aromatic carbocycles. The second-order valence-electron chi connectivity index (χ2n) is 2.95. The van der Waals surface area contributed by atoms with Crippen molar-refractivity contribution in [1.29, 1.82) is 0 Å². The molecule has 1 heterocycles. The lowest BCUT2D eigenvalue weighted by Gasteiger charge is -2.25. The highest BCUT2D eigenvalue weighted by molar-refractivity contribution is 5.40. The summed E-state index contributed by atoms with van der Waals surface area (Å²) in [5, 5.41) is 0. The lowest BCUT2D eigenvalue weighted by atomic mass is 10.3. The average Bonchev–Trinajstić information content (AvgIpc) is 2.43. The van der Waals surface area contributed by atoms with Gasteiger partial charge in [0.05, 0.1) is 6.61 Å². The standard InChI is InChI=1S/C10H12O3.2C2H6/c1-11-6-8-7-12-9-4-2-3-5-10(9)13-8;2*1-2/h2-5,8H,6-7H2,1H3;2*1-2H3. The number of para-hydroxylation sites is 2. The van der Waals surface area contributed by atoms with Crippen LogP contribution in [0.15, 0.2) is 24.3 Å². The Hall–Kier alpha value is -1.22. The smallest absolute Gasteiger partial charge is 0.161 e. The third-order valence-corrected chi connectivity index (χ3v) is 1.92. The van der Waals surface area contributed by atoms with Gasteiger partial charge < -0.3 is 14.2 Å². The lowest BCUT2D eigenvalue weighted by molar-refractivity contribution is 0.0272. The van der Waals surface area contributed by atoms with Gasteiger partial charge in [-0.2, -0.15) is 0 Å². The summed E-state index contributed by atoms with van der Waals surface area (Å²) >= 11 is 0. The van der Waals surface area contributed by atoms with Crippen LogP contribution in [0.3, 0.4) is 0 Å². The molecule has 1 aliphatic heterocycles. The van der Waals surface area contributed by atoms with Crippen LogP contribution in [0.2, 0.25) is 0 Å². The summed E-state index contributed by atoms with van der Waals surface area (Å²) in [6.45, 7) is 9.12. The molecule has 1 unspecified atom stereocenters. The van der Waals surface area contributed by atoms with Crippen LogP contribution in [0, 0.1) is 0 Å². The zero-order chi connectivity index (χ0) is 13.1. The van der Waals surface area contributed by atoms with Crippen molar-refractivity contribution in [3.8, 4) is 11.5 Å². The number of hydrogen-bond donors (Lipinski definition) is 0. The van der Waals surface area contributed by atoms with Crippen molar-refractivity contribution in [3.05, 3.63) is 24.3 Å². The third-order valence-electron chi connectivity index (χ3n) is 1.92. The van der Waals surface area contributed by atoms with Crippen LogP contribution in [0.4, 0.5) is 0 Å². The maximum Gasteiger partial charge on any atom is 0.161 e. The minimum absolute atomic E-state index is 0.0138. The summed E-state index contributed by atoms with van der Waals surface area (Å²) < 4.78 is 16.1. The molecule has 0 bridgehead atoms. The molecule has 0 amide bonds. The summed E-state index contributed by atoms with van der Waals surface area (Å²) in [4.78, 5) is 0. The van der Waals surface area contributed by atoms with Gasteiger partial charge in [0.2, 0.25) is 0 Å². The maximum absolute atomic E-state index is 5.62. The van der Waals surface area contributed by atoms with Gasteiger partial charge in [0.15, 0.2) is 17.6 Å². The molecule has 2 rings (SSSR count). The molecule has 3 heteroatoms. The van der Waals surface area contributed by atoms with Gasteiger partial charge in [-0.1, -0.05) is 39.8 Å². The molecule has 98 valence electrons. The Labute approximate surface area is 105 Å². The van der Waals surface area contributed by atoms with E-state index in [4.69, 9.17) is 14.2 Å². The Balaban J connectivity index is 0.000000581. The molecule has 1 atom stereocenters. The zero-order valence-electron chi connectivity index (χ0n) is 11.5. The number of rotatable bonds is 2. The van der Waals surface area contributed by atoms with Crippen molar-refractivity contribution in [2.45, 2.75) is 33.8 Å². The van der Waals surface area contributed by atoms with Crippen molar-refractivity contribution in [2.75, 3.05) is 20.3 Å². The second-order valence-corrected chi connectivity index (χ2v) is 2.95. The molecule has 0 fully saturated rings. The van der Waals surface area contributed by atoms with Gasteiger partial charge in [0.25, 0.3) is 0 Å². The number of methoxy groups -OCH3 is 1. The largest absolute Gasteiger partial charge is 0.486 e. The first-order valence-corrected chi connectivity index (χ1v) is 6.27. The van der Waals surface area contributed by atoms with Crippen LogP contribution in [0.5, 0.6) is 11.5 Å². The molecule has 0 saturated carbocycles. The molecule has 0 radical (unpaired) electrons. The van der Waals surface area contributed by atoms with Crippen LogP contribution >= 0.6 is 0 Å². The summed E-state index contributed by atoms with van der Waals surface area (Å²) in [6, 6.07) is 7.66. The Morgan fingerprint density at radius 1 is 1.12 bits per heavy atom. The Kier molecular flexibility index (Phi) is 9.25. The van der Waals surface area contributed by atoms with Gasteiger partial charge in [-0.15, -0.1) is 0 Å². The van der Waals surface area contributed by atoms with E-state index in [2.05, 4.69) is 0 Å². The molecular formula is C14H24O3. The number of hydrogen-bond acceptors (Lipinski definition) is 3. The van der Waals surface area contributed by atoms with Crippen molar-refractivity contribution >= 4 is 0 Å². The SMILES string of the molecule is CC.CC.COCC1COc2ccccc2O1. The predicted octanol–water partition coefficient (Wildman–Crippen LogP) is 3.53. The summed E-state index contributed by atoms with van der Waals surface area (Å²) in [5.41, 5.74) is 0. The van der Waals surface area contributed by atoms with Crippen molar-refractivity contribution in [1.82, 2.24) is 0 Å². The summed E-state index contributed by atoms with van der Waals surface area (Å²) in [6.07, 6.45) is 0.0138. The highest BCUT2D eigenvalue weighted by Crippen LogP contribution is 2.30. The average molecular weight is 240 g/mol. The fraction of sp³-hybridized carbons (Fsp3) is 0.571. The maximum atomic E-state index is 5.62. The molecule has 3 nitrogen and oxygen atoms in total. The zero-order valence-corrected chi connectivity index (χ0v) is 11.5. The van der Waals surface area contributed by atoms with E-state index in [0.29, 0.717) is 13.2 Å². The molecule has 0 aromatic heterocycles. The highest BCUT2D eigenvalue weighted by Gasteiger charge is 2.19. The normalized spacial score (nSPS) is 15.9. The van der Waals surface area contributed by atoms with Crippen LogP contribution in [-0.2, 0) is 4.74 Å². The molecule has 0 spiro atoms. The van der Waals surface area contributed by atoms with Gasteiger partial charge in [-0.05, 0) is 12.1 Å². The first-order chi connectivity index (χ1) is 8.40. The minimum Gasteiger partial charge on any atom is -0.486 e. The van der Waals surface area contributed by atoms with E-state index in [1.807, 2.05) is 52.0 Å². The highest BCUT2D eigenvalue weighted by atomic mass is 16.6. The van der Waals surface area contributed by atoms with E-state index in [1.165, 1.54) is 0 Å². The Morgan fingerprint density at radius 2 is 1.71 bits per heavy atom. The summed E-state index contributed by atoms with van der Waals surface area (Å²) in [5.74, 6) is 1.62. The van der Waals surface area contributed by atoms with E-state index in [-0.39, 0.29) is 6.10 Å². The van der Waals surface area contributed by atoms with Crippen molar-refractivity contribution in [2.24, 2.45) is 0 Å². The van der Waals surface area contributed by atoms with Crippen LogP contribution in [-0.4, -0.2) is 26.4 Å². The van der Waals surface area contributed by atoms with Crippen LogP contribution in [0.25, 0.3) is 0 Å². The summed E-state index contributed by atoms with van der Waals surface area (Å²) in [7, 11) is 1.66. The first-order valence-electron chi connectivity index (χ1n) is 6.27. The molecule has 1 aromatic rings. The predicted molar refractivity (Wildman–Crippen MR) is 70.9 cm³/mol. The van der Waals surface area contributed by atoms with E-state index < -0.39 is 0 Å². The number of fused-ring (bicyclic) bond motifs is 1. The minimum atomic E-state index is 0.0138. The van der Waals surface area contributed by atoms with E-state index >= 15 is 0 Å². The van der Waals surface area contributed by atoms with Crippen LogP contribution in [0.1, 0.15) is 27.7 Å². The molecule has 0 saturated heterocycles. The van der Waals surface area contributed by atoms with E-state index in [9.17, 15) is 0 Å². The topological polar surface area (TPSA) is 27.7 Å². The molecule has 1 aliphatic rings. The molecule has 0 aliphatic carbocycles.